The van der Waals surface area contributed by atoms with Gasteiger partial charge in [0.05, 0.1) is 17.8 Å². The van der Waals surface area contributed by atoms with Gasteiger partial charge in [0, 0.05) is 25.8 Å². The molecule has 1 N–H and O–H groups in total. The van der Waals surface area contributed by atoms with Gasteiger partial charge in [-0.15, -0.1) is 10.2 Å². The third kappa shape index (κ3) is 5.06. The Hall–Kier alpha value is -2.39. The van der Waals surface area contributed by atoms with Gasteiger partial charge in [0.25, 0.3) is 0 Å². The SMILES string of the molecule is CCCCN(CCCC)c1ccc(N=NC2=C(C#N)CNN2C)c(C)c1. The molecule has 1 aromatic carbocycles. The quantitative estimate of drug-likeness (QED) is 0.654. The fourth-order valence-corrected chi connectivity index (χ4v) is 2.89. The molecule has 1 aliphatic rings. The molecule has 0 amide bonds. The summed E-state index contributed by atoms with van der Waals surface area (Å²) in [5.41, 5.74) is 6.85. The van der Waals surface area contributed by atoms with Crippen LogP contribution >= 0.6 is 0 Å². The maximum Gasteiger partial charge on any atom is 0.180 e. The molecule has 140 valence electrons. The summed E-state index contributed by atoms with van der Waals surface area (Å²) in [5.74, 6) is 0.587. The minimum absolute atomic E-state index is 0.503. The summed E-state index contributed by atoms with van der Waals surface area (Å²) in [6, 6.07) is 8.51. The van der Waals surface area contributed by atoms with Crippen molar-refractivity contribution in [3.05, 3.63) is 35.2 Å². The normalized spacial score (nSPS) is 14.3. The van der Waals surface area contributed by atoms with Crippen LogP contribution in [0.4, 0.5) is 11.4 Å². The van der Waals surface area contributed by atoms with E-state index >= 15 is 0 Å². The summed E-state index contributed by atoms with van der Waals surface area (Å²) in [4.78, 5) is 2.46. The number of benzene rings is 1. The molecule has 26 heavy (non-hydrogen) atoms. The third-order valence-electron chi connectivity index (χ3n) is 4.58. The Morgan fingerprint density at radius 3 is 2.46 bits per heavy atom. The number of rotatable bonds is 9. The predicted molar refractivity (Wildman–Crippen MR) is 106 cm³/mol. The number of nitrogens with one attached hydrogen (secondary N) is 1. The van der Waals surface area contributed by atoms with E-state index in [1.54, 1.807) is 5.01 Å². The Morgan fingerprint density at radius 1 is 1.19 bits per heavy atom. The number of hydrogen-bond donors (Lipinski definition) is 1. The van der Waals surface area contributed by atoms with Gasteiger partial charge in [-0.1, -0.05) is 26.7 Å². The monoisotopic (exact) mass is 354 g/mol. The van der Waals surface area contributed by atoms with Crippen LogP contribution in [0, 0.1) is 18.3 Å². The molecule has 0 saturated heterocycles. The van der Waals surface area contributed by atoms with Crippen LogP contribution in [-0.4, -0.2) is 31.7 Å². The average molecular weight is 355 g/mol. The Bertz CT molecular complexity index is 693. The molecule has 6 nitrogen and oxygen atoms in total. The van der Waals surface area contributed by atoms with Crippen LogP contribution in [-0.2, 0) is 0 Å². The third-order valence-corrected chi connectivity index (χ3v) is 4.58. The summed E-state index contributed by atoms with van der Waals surface area (Å²) < 4.78 is 0. The molecule has 0 bridgehead atoms. The van der Waals surface area contributed by atoms with Gasteiger partial charge in [0.2, 0.25) is 0 Å². The van der Waals surface area contributed by atoms with E-state index in [1.165, 1.54) is 31.4 Å². The minimum Gasteiger partial charge on any atom is -0.372 e. The van der Waals surface area contributed by atoms with Crippen molar-refractivity contribution in [2.24, 2.45) is 10.2 Å². The first-order chi connectivity index (χ1) is 12.6. The summed E-state index contributed by atoms with van der Waals surface area (Å²) in [5, 5.41) is 19.6. The van der Waals surface area contributed by atoms with Crippen molar-refractivity contribution in [2.45, 2.75) is 46.5 Å². The lowest BCUT2D eigenvalue weighted by Crippen LogP contribution is -2.26. The fourth-order valence-electron chi connectivity index (χ4n) is 2.89. The standard InChI is InChI=1S/C20H30N6/c1-5-7-11-26(12-8-6-2)18-9-10-19(16(3)13-18)23-24-20-17(14-21)15-22-25(20)4/h9-10,13,22H,5-8,11-12,15H2,1-4H3. The van der Waals surface area contributed by atoms with E-state index in [2.05, 4.69) is 59.5 Å². The van der Waals surface area contributed by atoms with Crippen LogP contribution in [0.2, 0.25) is 0 Å². The van der Waals surface area contributed by atoms with Crippen molar-refractivity contribution < 1.29 is 0 Å². The van der Waals surface area contributed by atoms with Crippen molar-refractivity contribution in [1.29, 1.82) is 5.26 Å². The summed E-state index contributed by atoms with van der Waals surface area (Å²) in [6.07, 6.45) is 4.81. The fraction of sp³-hybridized carbons (Fsp3) is 0.550. The number of hydrazine groups is 1. The number of aryl methyl sites for hydroxylation is 1. The van der Waals surface area contributed by atoms with E-state index < -0.39 is 0 Å². The zero-order valence-electron chi connectivity index (χ0n) is 16.4. The Morgan fingerprint density at radius 2 is 1.88 bits per heavy atom. The van der Waals surface area contributed by atoms with E-state index in [0.717, 1.165) is 24.3 Å². The maximum atomic E-state index is 9.16. The van der Waals surface area contributed by atoms with E-state index in [-0.39, 0.29) is 0 Å². The maximum absolute atomic E-state index is 9.16. The molecule has 0 unspecified atom stereocenters. The van der Waals surface area contributed by atoms with E-state index in [4.69, 9.17) is 5.26 Å². The topological polar surface area (TPSA) is 67.0 Å². The van der Waals surface area contributed by atoms with Crippen molar-refractivity contribution >= 4 is 11.4 Å². The second-order valence-electron chi connectivity index (χ2n) is 6.67. The van der Waals surface area contributed by atoms with Gasteiger partial charge in [0.1, 0.15) is 6.07 Å². The minimum atomic E-state index is 0.503. The highest BCUT2D eigenvalue weighted by Crippen LogP contribution is 2.27. The van der Waals surface area contributed by atoms with E-state index in [9.17, 15) is 0 Å². The van der Waals surface area contributed by atoms with Crippen LogP contribution < -0.4 is 10.3 Å². The first-order valence-electron chi connectivity index (χ1n) is 9.48. The predicted octanol–water partition coefficient (Wildman–Crippen LogP) is 4.67. The highest BCUT2D eigenvalue weighted by molar-refractivity contribution is 5.57. The molecule has 2 rings (SSSR count). The summed E-state index contributed by atoms with van der Waals surface area (Å²) in [6.45, 7) is 9.20. The zero-order chi connectivity index (χ0) is 18.9. The van der Waals surface area contributed by atoms with Crippen LogP contribution in [0.3, 0.4) is 0 Å². The number of azo groups is 1. The molecule has 6 heteroatoms. The summed E-state index contributed by atoms with van der Waals surface area (Å²) in [7, 11) is 1.84. The van der Waals surface area contributed by atoms with Gasteiger partial charge >= 0.3 is 0 Å². The zero-order valence-corrected chi connectivity index (χ0v) is 16.4. The van der Waals surface area contributed by atoms with E-state index in [1.807, 2.05) is 13.1 Å². The van der Waals surface area contributed by atoms with Crippen molar-refractivity contribution in [2.75, 3.05) is 31.6 Å². The van der Waals surface area contributed by atoms with Gasteiger partial charge < -0.3 is 4.90 Å². The highest BCUT2D eigenvalue weighted by atomic mass is 15.6. The Balaban J connectivity index is 2.17. The van der Waals surface area contributed by atoms with Crippen LogP contribution in [0.1, 0.15) is 45.1 Å². The lowest BCUT2D eigenvalue weighted by Gasteiger charge is -2.25. The molecule has 0 radical (unpaired) electrons. The molecule has 0 fully saturated rings. The van der Waals surface area contributed by atoms with Crippen LogP contribution in [0.25, 0.3) is 0 Å². The van der Waals surface area contributed by atoms with Gasteiger partial charge in [-0.3, -0.25) is 5.01 Å². The molecule has 1 heterocycles. The van der Waals surface area contributed by atoms with Gasteiger partial charge in [-0.2, -0.15) is 5.26 Å². The average Bonchev–Trinajstić information content (AvgIpc) is 3.00. The van der Waals surface area contributed by atoms with Crippen molar-refractivity contribution in [1.82, 2.24) is 10.4 Å². The number of anilines is 1. The number of unbranched alkanes of at least 4 members (excludes halogenated alkanes) is 2. The smallest absolute Gasteiger partial charge is 0.180 e. The first kappa shape index (κ1) is 19.9. The van der Waals surface area contributed by atoms with Crippen molar-refractivity contribution in [3.8, 4) is 6.07 Å². The largest absolute Gasteiger partial charge is 0.372 e. The number of nitrogens with zero attached hydrogens (tertiary/aromatic N) is 5. The van der Waals surface area contributed by atoms with Gasteiger partial charge in [-0.05, 0) is 43.5 Å². The molecule has 0 saturated carbocycles. The lowest BCUT2D eigenvalue weighted by atomic mass is 10.1. The first-order valence-corrected chi connectivity index (χ1v) is 9.48. The van der Waals surface area contributed by atoms with Crippen LogP contribution in [0.5, 0.6) is 0 Å². The number of hydrogen-bond acceptors (Lipinski definition) is 6. The lowest BCUT2D eigenvalue weighted by molar-refractivity contribution is 0.340. The molecular weight excluding hydrogens is 324 g/mol. The Kier molecular flexibility index (Phi) is 7.61. The van der Waals surface area contributed by atoms with Crippen molar-refractivity contribution in [3.63, 3.8) is 0 Å². The molecule has 0 spiro atoms. The van der Waals surface area contributed by atoms with E-state index in [0.29, 0.717) is 17.9 Å². The Labute approximate surface area is 157 Å². The molecule has 0 atom stereocenters. The molecule has 0 aromatic heterocycles. The van der Waals surface area contributed by atoms with Gasteiger partial charge in [0.15, 0.2) is 5.82 Å². The number of nitriles is 1. The second-order valence-corrected chi connectivity index (χ2v) is 6.67. The molecular formula is C20H30N6. The van der Waals surface area contributed by atoms with Gasteiger partial charge in [-0.25, -0.2) is 5.43 Å². The second kappa shape index (κ2) is 9.93. The highest BCUT2D eigenvalue weighted by Gasteiger charge is 2.18. The molecule has 1 aromatic rings. The molecule has 1 aliphatic heterocycles. The summed E-state index contributed by atoms with van der Waals surface area (Å²) >= 11 is 0. The van der Waals surface area contributed by atoms with Crippen LogP contribution in [0.15, 0.2) is 39.8 Å². The molecule has 0 aliphatic carbocycles.